The van der Waals surface area contributed by atoms with Crippen LogP contribution in [0.5, 0.6) is 0 Å². The average Bonchev–Trinajstić information content (AvgIpc) is 2.28. The van der Waals surface area contributed by atoms with E-state index >= 15 is 0 Å². The maximum Gasteiger partial charge on any atom is 0.199 e. The van der Waals surface area contributed by atoms with Crippen molar-refractivity contribution in [1.82, 2.24) is 10.2 Å². The van der Waals surface area contributed by atoms with Crippen LogP contribution in [0.4, 0.5) is 0 Å². The van der Waals surface area contributed by atoms with E-state index in [-0.39, 0.29) is 0 Å². The second-order valence-corrected chi connectivity index (χ2v) is 2.84. The third-order valence-corrected chi connectivity index (χ3v) is 1.96. The van der Waals surface area contributed by atoms with Crippen molar-refractivity contribution in [3.63, 3.8) is 0 Å². The summed E-state index contributed by atoms with van der Waals surface area (Å²) in [6.07, 6.45) is 3.67. The molecule has 1 N–H and O–H groups in total. The highest BCUT2D eigenvalue weighted by Crippen LogP contribution is 1.95. The summed E-state index contributed by atoms with van der Waals surface area (Å²) in [5.41, 5.74) is 0. The van der Waals surface area contributed by atoms with Crippen molar-refractivity contribution >= 4 is 6.29 Å². The first kappa shape index (κ1) is 8.68. The minimum Gasteiger partial charge on any atom is -0.315 e. The van der Waals surface area contributed by atoms with Gasteiger partial charge in [0.05, 0.1) is 0 Å². The van der Waals surface area contributed by atoms with Crippen molar-refractivity contribution in [3.05, 3.63) is 0 Å². The Balaban J connectivity index is 2.14. The van der Waals surface area contributed by atoms with Crippen LogP contribution in [-0.2, 0) is 4.79 Å². The van der Waals surface area contributed by atoms with Gasteiger partial charge in [0.25, 0.3) is 0 Å². The number of hydrogen-bond donors (Lipinski definition) is 1. The van der Waals surface area contributed by atoms with Gasteiger partial charge in [-0.3, -0.25) is 4.79 Å². The van der Waals surface area contributed by atoms with Gasteiger partial charge in [-0.1, -0.05) is 0 Å². The van der Waals surface area contributed by atoms with Crippen molar-refractivity contribution in [2.75, 3.05) is 32.7 Å². The lowest BCUT2D eigenvalue weighted by atomic mass is 10.3. The molecule has 1 saturated heterocycles. The van der Waals surface area contributed by atoms with Gasteiger partial charge in [0.1, 0.15) is 0 Å². The van der Waals surface area contributed by atoms with Crippen molar-refractivity contribution in [2.24, 2.45) is 0 Å². The normalized spacial score (nSPS) is 21.1. The Bertz CT molecular complexity index is 109. The summed E-state index contributed by atoms with van der Waals surface area (Å²) in [6.45, 7) is 5.24. The fraction of sp³-hybridized carbons (Fsp3) is 0.875. The highest BCUT2D eigenvalue weighted by Gasteiger charge is 2.06. The van der Waals surface area contributed by atoms with Gasteiger partial charge in [0.2, 0.25) is 0 Å². The third-order valence-electron chi connectivity index (χ3n) is 1.96. The Morgan fingerprint density at radius 2 is 2.27 bits per heavy atom. The number of carbonyl (C=O) groups excluding carboxylic acids is 1. The summed E-state index contributed by atoms with van der Waals surface area (Å²) in [7, 11) is 0. The van der Waals surface area contributed by atoms with Gasteiger partial charge in [-0.2, -0.15) is 0 Å². The molecule has 1 rings (SSSR count). The van der Waals surface area contributed by atoms with Gasteiger partial charge in [0.15, 0.2) is 6.29 Å². The first-order chi connectivity index (χ1) is 5.43. The molecule has 0 saturated carbocycles. The number of rotatable bonds is 3. The summed E-state index contributed by atoms with van der Waals surface area (Å²) in [4.78, 5) is 12.3. The lowest BCUT2D eigenvalue weighted by Gasteiger charge is -2.16. The van der Waals surface area contributed by atoms with Crippen LogP contribution >= 0.6 is 0 Å². The van der Waals surface area contributed by atoms with E-state index < -0.39 is 0 Å². The monoisotopic (exact) mass is 155 g/mol. The Hall–Kier alpha value is -0.410. The Morgan fingerprint density at radius 3 is 3.09 bits per heavy atom. The first-order valence-electron chi connectivity index (χ1n) is 4.21. The van der Waals surface area contributed by atoms with Crippen molar-refractivity contribution in [1.29, 1.82) is 0 Å². The molecule has 1 aliphatic heterocycles. The minimum atomic E-state index is 0.556. The maximum absolute atomic E-state index is 9.97. The predicted octanol–water partition coefficient (Wildman–Crippen LogP) is -0.218. The van der Waals surface area contributed by atoms with Crippen LogP contribution in [0.25, 0.3) is 0 Å². The lowest BCUT2D eigenvalue weighted by molar-refractivity contribution is 0.300. The van der Waals surface area contributed by atoms with Gasteiger partial charge >= 0.3 is 0 Å². The zero-order valence-corrected chi connectivity index (χ0v) is 6.81. The molecule has 0 atom stereocenters. The minimum absolute atomic E-state index is 0.556. The Kier molecular flexibility index (Phi) is 4.16. The molecule has 0 unspecified atom stereocenters. The SMILES string of the molecule is O=[C]CCN1CCCNCC1. The highest BCUT2D eigenvalue weighted by atomic mass is 16.1. The number of hydrogen-bond acceptors (Lipinski definition) is 3. The standard InChI is InChI=1S/C8H15N2O/c11-8-2-6-10-5-1-3-9-4-7-10/h9H,1-7H2. The lowest BCUT2D eigenvalue weighted by Crippen LogP contribution is -2.29. The van der Waals surface area contributed by atoms with Crippen LogP contribution in [0.2, 0.25) is 0 Å². The Morgan fingerprint density at radius 1 is 1.36 bits per heavy atom. The fourth-order valence-corrected chi connectivity index (χ4v) is 1.33. The van der Waals surface area contributed by atoms with Gasteiger partial charge in [-0.25, -0.2) is 0 Å². The smallest absolute Gasteiger partial charge is 0.199 e. The van der Waals surface area contributed by atoms with E-state index in [9.17, 15) is 4.79 Å². The number of nitrogens with zero attached hydrogens (tertiary/aromatic N) is 1. The van der Waals surface area contributed by atoms with Crippen LogP contribution in [0.15, 0.2) is 0 Å². The molecule has 1 radical (unpaired) electrons. The molecule has 1 aliphatic rings. The summed E-state index contributed by atoms with van der Waals surface area (Å²) in [6, 6.07) is 0. The van der Waals surface area contributed by atoms with Crippen LogP contribution < -0.4 is 5.32 Å². The molecule has 0 amide bonds. The average molecular weight is 155 g/mol. The zero-order chi connectivity index (χ0) is 7.94. The highest BCUT2D eigenvalue weighted by molar-refractivity contribution is 5.50. The second kappa shape index (κ2) is 5.27. The molecule has 1 heterocycles. The summed E-state index contributed by atoms with van der Waals surface area (Å²) in [5, 5.41) is 3.31. The Labute approximate surface area is 67.8 Å². The van der Waals surface area contributed by atoms with E-state index in [1.807, 2.05) is 6.29 Å². The topological polar surface area (TPSA) is 32.3 Å². The molecule has 1 fully saturated rings. The van der Waals surface area contributed by atoms with Crippen LogP contribution in [0.3, 0.4) is 0 Å². The molecule has 11 heavy (non-hydrogen) atoms. The molecule has 0 aromatic carbocycles. The number of nitrogens with one attached hydrogen (secondary N) is 1. The molecule has 0 aromatic rings. The molecule has 0 bridgehead atoms. The van der Waals surface area contributed by atoms with E-state index in [0.717, 1.165) is 32.7 Å². The summed E-state index contributed by atoms with van der Waals surface area (Å²) >= 11 is 0. The van der Waals surface area contributed by atoms with Crippen LogP contribution in [-0.4, -0.2) is 43.9 Å². The molecular weight excluding hydrogens is 140 g/mol. The van der Waals surface area contributed by atoms with E-state index in [0.29, 0.717) is 6.42 Å². The third kappa shape index (κ3) is 3.49. The fourth-order valence-electron chi connectivity index (χ4n) is 1.33. The van der Waals surface area contributed by atoms with Gasteiger partial charge < -0.3 is 10.2 Å². The molecule has 3 nitrogen and oxygen atoms in total. The second-order valence-electron chi connectivity index (χ2n) is 2.84. The van der Waals surface area contributed by atoms with E-state index in [2.05, 4.69) is 10.2 Å². The van der Waals surface area contributed by atoms with Crippen molar-refractivity contribution in [2.45, 2.75) is 12.8 Å². The molecular formula is C8H15N2O. The van der Waals surface area contributed by atoms with Crippen LogP contribution in [0, 0.1) is 0 Å². The van der Waals surface area contributed by atoms with Gasteiger partial charge in [-0.15, -0.1) is 0 Å². The molecule has 63 valence electrons. The molecule has 3 heteroatoms. The molecule has 0 aromatic heterocycles. The zero-order valence-electron chi connectivity index (χ0n) is 6.81. The molecule has 0 aliphatic carbocycles. The van der Waals surface area contributed by atoms with E-state index in [4.69, 9.17) is 0 Å². The summed E-state index contributed by atoms with van der Waals surface area (Å²) < 4.78 is 0. The van der Waals surface area contributed by atoms with Gasteiger partial charge in [0, 0.05) is 26.1 Å². The molecule has 0 spiro atoms. The maximum atomic E-state index is 9.97. The predicted molar refractivity (Wildman–Crippen MR) is 44.2 cm³/mol. The first-order valence-corrected chi connectivity index (χ1v) is 4.21. The van der Waals surface area contributed by atoms with Crippen molar-refractivity contribution < 1.29 is 4.79 Å². The van der Waals surface area contributed by atoms with E-state index in [1.54, 1.807) is 0 Å². The largest absolute Gasteiger partial charge is 0.315 e. The van der Waals surface area contributed by atoms with Crippen molar-refractivity contribution in [3.8, 4) is 0 Å². The van der Waals surface area contributed by atoms with E-state index in [1.165, 1.54) is 6.42 Å². The van der Waals surface area contributed by atoms with Gasteiger partial charge in [-0.05, 0) is 19.5 Å². The van der Waals surface area contributed by atoms with Crippen LogP contribution in [0.1, 0.15) is 12.8 Å². The summed E-state index contributed by atoms with van der Waals surface area (Å²) in [5.74, 6) is 0. The quantitative estimate of drug-likeness (QED) is 0.611.